The van der Waals surface area contributed by atoms with E-state index in [2.05, 4.69) is 10.3 Å². The fourth-order valence-electron chi connectivity index (χ4n) is 1.85. The summed E-state index contributed by atoms with van der Waals surface area (Å²) >= 11 is 6.07. The molecule has 1 aromatic carbocycles. The molecule has 0 fully saturated rings. The molecule has 5 nitrogen and oxygen atoms in total. The SMILES string of the molecule is Cc1nn(-c2cccc(F)c2C(N)=NO)c(C)c1Cl. The van der Waals surface area contributed by atoms with Crippen LogP contribution < -0.4 is 5.73 Å². The van der Waals surface area contributed by atoms with Gasteiger partial charge in [0.25, 0.3) is 0 Å². The van der Waals surface area contributed by atoms with Crippen molar-refractivity contribution in [2.45, 2.75) is 13.8 Å². The average molecular weight is 283 g/mol. The third kappa shape index (κ3) is 2.15. The van der Waals surface area contributed by atoms with Crippen LogP contribution in [0.3, 0.4) is 0 Å². The summed E-state index contributed by atoms with van der Waals surface area (Å²) in [5.41, 5.74) is 7.13. The minimum absolute atomic E-state index is 0.0210. The minimum atomic E-state index is -0.600. The molecule has 19 heavy (non-hydrogen) atoms. The van der Waals surface area contributed by atoms with Gasteiger partial charge in [-0.25, -0.2) is 9.07 Å². The van der Waals surface area contributed by atoms with Gasteiger partial charge in [0, 0.05) is 0 Å². The second-order valence-corrected chi connectivity index (χ2v) is 4.39. The number of benzene rings is 1. The zero-order valence-electron chi connectivity index (χ0n) is 10.4. The molecule has 0 radical (unpaired) electrons. The van der Waals surface area contributed by atoms with Crippen LogP contribution in [0.1, 0.15) is 17.0 Å². The monoisotopic (exact) mass is 282 g/mol. The highest BCUT2D eigenvalue weighted by Gasteiger charge is 2.18. The number of hydrogen-bond donors (Lipinski definition) is 2. The summed E-state index contributed by atoms with van der Waals surface area (Å²) in [5.74, 6) is -0.923. The Morgan fingerprint density at radius 2 is 2.16 bits per heavy atom. The summed E-state index contributed by atoms with van der Waals surface area (Å²) in [6.07, 6.45) is 0. The first-order chi connectivity index (χ1) is 8.97. The van der Waals surface area contributed by atoms with Gasteiger partial charge in [-0.05, 0) is 26.0 Å². The van der Waals surface area contributed by atoms with E-state index in [0.29, 0.717) is 22.1 Å². The van der Waals surface area contributed by atoms with E-state index in [0.717, 1.165) is 0 Å². The van der Waals surface area contributed by atoms with Gasteiger partial charge in [-0.15, -0.1) is 0 Å². The number of oxime groups is 1. The van der Waals surface area contributed by atoms with Gasteiger partial charge in [0.2, 0.25) is 0 Å². The summed E-state index contributed by atoms with van der Waals surface area (Å²) in [6, 6.07) is 4.36. The van der Waals surface area contributed by atoms with Crippen LogP contribution in [0.15, 0.2) is 23.4 Å². The van der Waals surface area contributed by atoms with Gasteiger partial charge in [-0.1, -0.05) is 22.8 Å². The molecule has 2 rings (SSSR count). The van der Waals surface area contributed by atoms with Crippen LogP contribution in [0.5, 0.6) is 0 Å². The first-order valence-corrected chi connectivity index (χ1v) is 5.83. The van der Waals surface area contributed by atoms with Crippen molar-refractivity contribution in [2.75, 3.05) is 0 Å². The molecule has 0 saturated heterocycles. The van der Waals surface area contributed by atoms with E-state index in [4.69, 9.17) is 22.5 Å². The van der Waals surface area contributed by atoms with Crippen LogP contribution in [0.25, 0.3) is 5.69 Å². The maximum absolute atomic E-state index is 13.9. The Morgan fingerprint density at radius 3 is 2.68 bits per heavy atom. The summed E-state index contributed by atoms with van der Waals surface area (Å²) in [7, 11) is 0. The number of rotatable bonds is 2. The van der Waals surface area contributed by atoms with Gasteiger partial charge in [0.05, 0.1) is 27.7 Å². The number of hydrogen-bond acceptors (Lipinski definition) is 3. The van der Waals surface area contributed by atoms with Crippen LogP contribution in [0.2, 0.25) is 5.02 Å². The van der Waals surface area contributed by atoms with Crippen LogP contribution in [0.4, 0.5) is 4.39 Å². The molecule has 0 bridgehead atoms. The van der Waals surface area contributed by atoms with E-state index in [1.54, 1.807) is 19.9 Å². The number of halogens is 2. The molecule has 0 aliphatic rings. The highest BCUT2D eigenvalue weighted by Crippen LogP contribution is 2.25. The Kier molecular flexibility index (Phi) is 3.44. The Morgan fingerprint density at radius 1 is 1.47 bits per heavy atom. The fraction of sp³-hybridized carbons (Fsp3) is 0.167. The predicted octanol–water partition coefficient (Wildman–Crippen LogP) is 2.38. The van der Waals surface area contributed by atoms with Gasteiger partial charge in [-0.2, -0.15) is 5.10 Å². The molecule has 0 saturated carbocycles. The Bertz CT molecular complexity index is 666. The second-order valence-electron chi connectivity index (χ2n) is 4.02. The van der Waals surface area contributed by atoms with Crippen molar-refractivity contribution >= 4 is 17.4 Å². The number of nitrogens with two attached hydrogens (primary N) is 1. The van der Waals surface area contributed by atoms with E-state index >= 15 is 0 Å². The lowest BCUT2D eigenvalue weighted by Crippen LogP contribution is -2.19. The minimum Gasteiger partial charge on any atom is -0.409 e. The summed E-state index contributed by atoms with van der Waals surface area (Å²) in [6.45, 7) is 3.50. The highest BCUT2D eigenvalue weighted by molar-refractivity contribution is 6.31. The Balaban J connectivity index is 2.76. The molecule has 2 aromatic rings. The van der Waals surface area contributed by atoms with Gasteiger partial charge in [0.15, 0.2) is 5.84 Å². The molecular formula is C12H12ClFN4O. The predicted molar refractivity (Wildman–Crippen MR) is 70.5 cm³/mol. The second kappa shape index (κ2) is 4.89. The van der Waals surface area contributed by atoms with Crippen LogP contribution in [0, 0.1) is 19.7 Å². The quantitative estimate of drug-likeness (QED) is 0.384. The maximum Gasteiger partial charge on any atom is 0.175 e. The third-order valence-electron chi connectivity index (χ3n) is 2.79. The van der Waals surface area contributed by atoms with E-state index in [1.165, 1.54) is 16.8 Å². The summed E-state index contributed by atoms with van der Waals surface area (Å²) in [4.78, 5) is 0. The number of aromatic nitrogens is 2. The van der Waals surface area contributed by atoms with Crippen LogP contribution in [-0.4, -0.2) is 20.8 Å². The fourth-order valence-corrected chi connectivity index (χ4v) is 1.97. The van der Waals surface area contributed by atoms with Crippen molar-refractivity contribution < 1.29 is 9.60 Å². The molecule has 0 spiro atoms. The molecule has 0 aliphatic carbocycles. The third-order valence-corrected chi connectivity index (χ3v) is 3.33. The number of amidine groups is 1. The molecule has 3 N–H and O–H groups in total. The number of nitrogens with zero attached hydrogens (tertiary/aromatic N) is 3. The lowest BCUT2D eigenvalue weighted by atomic mass is 10.1. The zero-order valence-corrected chi connectivity index (χ0v) is 11.1. The number of aryl methyl sites for hydroxylation is 1. The Labute approximate surface area is 114 Å². The van der Waals surface area contributed by atoms with Crippen molar-refractivity contribution in [2.24, 2.45) is 10.9 Å². The van der Waals surface area contributed by atoms with Gasteiger partial charge in [0.1, 0.15) is 5.82 Å². The molecule has 1 heterocycles. The smallest absolute Gasteiger partial charge is 0.175 e. The van der Waals surface area contributed by atoms with Crippen LogP contribution in [-0.2, 0) is 0 Å². The van der Waals surface area contributed by atoms with Crippen molar-refractivity contribution in [1.29, 1.82) is 0 Å². The summed E-state index contributed by atoms with van der Waals surface area (Å²) in [5, 5.41) is 16.3. The van der Waals surface area contributed by atoms with Crippen molar-refractivity contribution in [3.8, 4) is 5.69 Å². The summed E-state index contributed by atoms with van der Waals surface area (Å²) < 4.78 is 15.3. The van der Waals surface area contributed by atoms with Crippen molar-refractivity contribution in [1.82, 2.24) is 9.78 Å². The lowest BCUT2D eigenvalue weighted by Gasteiger charge is -2.10. The largest absolute Gasteiger partial charge is 0.409 e. The topological polar surface area (TPSA) is 76.4 Å². The van der Waals surface area contributed by atoms with Gasteiger partial charge >= 0.3 is 0 Å². The molecule has 7 heteroatoms. The first-order valence-electron chi connectivity index (χ1n) is 5.46. The molecule has 100 valence electrons. The molecule has 0 atom stereocenters. The Hall–Kier alpha value is -2.08. The molecular weight excluding hydrogens is 271 g/mol. The average Bonchev–Trinajstić information content (AvgIpc) is 2.65. The van der Waals surface area contributed by atoms with Crippen molar-refractivity contribution in [3.05, 3.63) is 46.0 Å². The molecule has 0 unspecified atom stereocenters. The molecule has 0 aliphatic heterocycles. The van der Waals surface area contributed by atoms with Gasteiger partial charge in [-0.3, -0.25) is 0 Å². The van der Waals surface area contributed by atoms with Gasteiger partial charge < -0.3 is 10.9 Å². The normalized spacial score (nSPS) is 11.9. The van der Waals surface area contributed by atoms with Crippen molar-refractivity contribution in [3.63, 3.8) is 0 Å². The maximum atomic E-state index is 13.9. The van der Waals surface area contributed by atoms with E-state index in [9.17, 15) is 4.39 Å². The van der Waals surface area contributed by atoms with E-state index < -0.39 is 5.82 Å². The highest BCUT2D eigenvalue weighted by atomic mass is 35.5. The van der Waals surface area contributed by atoms with E-state index in [1.807, 2.05) is 0 Å². The zero-order chi connectivity index (χ0) is 14.2. The lowest BCUT2D eigenvalue weighted by molar-refractivity contribution is 0.318. The first kappa shape index (κ1) is 13.4. The molecule has 0 amide bonds. The van der Waals surface area contributed by atoms with E-state index in [-0.39, 0.29) is 11.4 Å². The standard InChI is InChI=1S/C12H12ClFN4O/c1-6-11(13)7(2)18(16-6)9-5-3-4-8(14)10(9)12(15)17-19/h3-5,19H,1-2H3,(H2,15,17). The molecule has 1 aromatic heterocycles. The van der Waals surface area contributed by atoms with Crippen LogP contribution >= 0.6 is 11.6 Å².